The highest BCUT2D eigenvalue weighted by Crippen LogP contribution is 2.38. The van der Waals surface area contributed by atoms with Gasteiger partial charge in [-0.15, -0.1) is 0 Å². The van der Waals surface area contributed by atoms with Gasteiger partial charge < -0.3 is 15.0 Å². The molecule has 5 nitrogen and oxygen atoms in total. The lowest BCUT2D eigenvalue weighted by Gasteiger charge is -2.39. The molecule has 4 atom stereocenters. The Morgan fingerprint density at radius 2 is 2.12 bits per heavy atom. The van der Waals surface area contributed by atoms with Crippen LogP contribution in [0.1, 0.15) is 45.4 Å². The van der Waals surface area contributed by atoms with Gasteiger partial charge in [0.2, 0.25) is 11.8 Å². The highest BCUT2D eigenvalue weighted by atomic mass is 16.5. The lowest BCUT2D eigenvalue weighted by molar-refractivity contribution is -0.152. The molecule has 4 rings (SSSR count). The first-order valence-electron chi connectivity index (χ1n) is 9.43. The van der Waals surface area contributed by atoms with Crippen LogP contribution in [0, 0.1) is 17.3 Å². The maximum absolute atomic E-state index is 13.0. The number of nitrogens with one attached hydrogen (secondary N) is 1. The number of rotatable bonds is 4. The summed E-state index contributed by atoms with van der Waals surface area (Å²) in [6, 6.07) is 0. The number of amides is 2. The van der Waals surface area contributed by atoms with Crippen molar-refractivity contribution in [2.75, 3.05) is 19.6 Å². The molecule has 3 fully saturated rings. The third-order valence-electron chi connectivity index (χ3n) is 6.16. The lowest BCUT2D eigenvalue weighted by atomic mass is 9.77. The molecule has 4 aliphatic rings. The molecule has 0 aromatic heterocycles. The number of nitrogens with zero attached hydrogens (tertiary/aromatic N) is 1. The molecule has 2 amide bonds. The van der Waals surface area contributed by atoms with Gasteiger partial charge in [0.05, 0.1) is 23.5 Å². The lowest BCUT2D eigenvalue weighted by Crippen LogP contribution is -2.52. The normalized spacial score (nSPS) is 38.2. The number of morpholine rings is 1. The second-order valence-corrected chi connectivity index (χ2v) is 8.31. The highest BCUT2D eigenvalue weighted by Gasteiger charge is 2.48. The van der Waals surface area contributed by atoms with Gasteiger partial charge in [-0.05, 0) is 44.4 Å². The number of likely N-dealkylation sites (tertiary alicyclic amines) is 1. The maximum Gasteiger partial charge on any atom is 0.229 e. The van der Waals surface area contributed by atoms with E-state index in [0.29, 0.717) is 19.0 Å². The molecule has 4 unspecified atom stereocenters. The number of fused-ring (bicyclic) bond motifs is 2. The standard InChI is InChI=1S/C19H28N2O3/c1-19(7-3-2-4-8-19)18(23)21-11-14-9-15(16(12-21)24-14)17(22)20-10-13-5-6-13/h2-3,13-16H,4-12H2,1H3,(H,20,22). The smallest absolute Gasteiger partial charge is 0.229 e. The Balaban J connectivity index is 1.38. The van der Waals surface area contributed by atoms with Gasteiger partial charge >= 0.3 is 0 Å². The van der Waals surface area contributed by atoms with Crippen LogP contribution in [0.25, 0.3) is 0 Å². The van der Waals surface area contributed by atoms with E-state index < -0.39 is 0 Å². The van der Waals surface area contributed by atoms with Gasteiger partial charge in [-0.3, -0.25) is 9.59 Å². The Morgan fingerprint density at radius 3 is 2.83 bits per heavy atom. The molecule has 24 heavy (non-hydrogen) atoms. The number of carbonyl (C=O) groups is 2. The van der Waals surface area contributed by atoms with Gasteiger partial charge in [0.1, 0.15) is 0 Å². The van der Waals surface area contributed by atoms with Crippen molar-refractivity contribution in [3.8, 4) is 0 Å². The molecule has 2 bridgehead atoms. The van der Waals surface area contributed by atoms with Gasteiger partial charge in [-0.25, -0.2) is 0 Å². The fourth-order valence-corrected chi connectivity index (χ4v) is 4.34. The summed E-state index contributed by atoms with van der Waals surface area (Å²) in [7, 11) is 0. The zero-order valence-corrected chi connectivity index (χ0v) is 14.5. The summed E-state index contributed by atoms with van der Waals surface area (Å²) in [6.45, 7) is 4.09. The summed E-state index contributed by atoms with van der Waals surface area (Å²) in [6.07, 6.45) is 10.1. The molecule has 2 aliphatic carbocycles. The van der Waals surface area contributed by atoms with E-state index in [9.17, 15) is 9.59 Å². The van der Waals surface area contributed by atoms with Crippen molar-refractivity contribution < 1.29 is 14.3 Å². The Labute approximate surface area is 143 Å². The topological polar surface area (TPSA) is 58.6 Å². The molecule has 1 saturated carbocycles. The summed E-state index contributed by atoms with van der Waals surface area (Å²) >= 11 is 0. The van der Waals surface area contributed by atoms with E-state index in [1.165, 1.54) is 12.8 Å². The van der Waals surface area contributed by atoms with Crippen molar-refractivity contribution in [3.63, 3.8) is 0 Å². The van der Waals surface area contributed by atoms with Crippen molar-refractivity contribution in [1.29, 1.82) is 0 Å². The fourth-order valence-electron chi connectivity index (χ4n) is 4.34. The minimum absolute atomic E-state index is 0.0205. The second-order valence-electron chi connectivity index (χ2n) is 8.31. The molecule has 0 spiro atoms. The Kier molecular flexibility index (Phi) is 4.15. The molecule has 0 aromatic rings. The molecule has 1 N–H and O–H groups in total. The number of carbonyl (C=O) groups excluding carboxylic acids is 2. The van der Waals surface area contributed by atoms with Crippen LogP contribution in [-0.4, -0.2) is 48.6 Å². The van der Waals surface area contributed by atoms with Gasteiger partial charge in [0.25, 0.3) is 0 Å². The quantitative estimate of drug-likeness (QED) is 0.800. The highest BCUT2D eigenvalue weighted by molar-refractivity contribution is 5.84. The minimum Gasteiger partial charge on any atom is -0.370 e. The van der Waals surface area contributed by atoms with Gasteiger partial charge in [-0.2, -0.15) is 0 Å². The molecule has 5 heteroatoms. The van der Waals surface area contributed by atoms with Crippen molar-refractivity contribution in [2.45, 2.75) is 57.7 Å². The van der Waals surface area contributed by atoms with Crippen molar-refractivity contribution in [3.05, 3.63) is 12.2 Å². The van der Waals surface area contributed by atoms with Crippen LogP contribution >= 0.6 is 0 Å². The second kappa shape index (κ2) is 6.17. The van der Waals surface area contributed by atoms with E-state index in [-0.39, 0.29) is 35.4 Å². The van der Waals surface area contributed by atoms with E-state index in [0.717, 1.165) is 32.2 Å². The number of hydrogen-bond donors (Lipinski definition) is 1. The molecular weight excluding hydrogens is 304 g/mol. The van der Waals surface area contributed by atoms with Crippen LogP contribution in [0.15, 0.2) is 12.2 Å². The SMILES string of the molecule is CC1(C(=O)N2CC3CC(C(=O)NCC4CC4)C(C2)O3)CC=CCC1. The zero-order valence-electron chi connectivity index (χ0n) is 14.5. The van der Waals surface area contributed by atoms with Crippen LogP contribution in [-0.2, 0) is 14.3 Å². The van der Waals surface area contributed by atoms with Crippen LogP contribution in [0.2, 0.25) is 0 Å². The first-order valence-corrected chi connectivity index (χ1v) is 9.43. The monoisotopic (exact) mass is 332 g/mol. The third-order valence-corrected chi connectivity index (χ3v) is 6.16. The molecule has 132 valence electrons. The van der Waals surface area contributed by atoms with Gasteiger partial charge in [0.15, 0.2) is 0 Å². The molecule has 0 radical (unpaired) electrons. The summed E-state index contributed by atoms with van der Waals surface area (Å²) in [4.78, 5) is 27.5. The molecular formula is C19H28N2O3. The Morgan fingerprint density at radius 1 is 1.29 bits per heavy atom. The summed E-state index contributed by atoms with van der Waals surface area (Å²) in [5.41, 5.74) is -0.282. The summed E-state index contributed by atoms with van der Waals surface area (Å²) < 4.78 is 5.99. The van der Waals surface area contributed by atoms with Crippen LogP contribution in [0.4, 0.5) is 0 Å². The number of allylic oxidation sites excluding steroid dienone is 2. The summed E-state index contributed by atoms with van der Waals surface area (Å²) in [5.74, 6) is 0.957. The number of hydrogen-bond acceptors (Lipinski definition) is 3. The Hall–Kier alpha value is -1.36. The zero-order chi connectivity index (χ0) is 16.7. The van der Waals surface area contributed by atoms with E-state index >= 15 is 0 Å². The van der Waals surface area contributed by atoms with E-state index in [1.807, 2.05) is 4.90 Å². The van der Waals surface area contributed by atoms with E-state index in [4.69, 9.17) is 4.74 Å². The Bertz CT molecular complexity index is 557. The molecule has 2 heterocycles. The average molecular weight is 332 g/mol. The largest absolute Gasteiger partial charge is 0.370 e. The molecule has 2 saturated heterocycles. The van der Waals surface area contributed by atoms with Crippen molar-refractivity contribution >= 4 is 11.8 Å². The first-order chi connectivity index (χ1) is 11.5. The summed E-state index contributed by atoms with van der Waals surface area (Å²) in [5, 5.41) is 3.08. The third kappa shape index (κ3) is 3.10. The van der Waals surface area contributed by atoms with Gasteiger partial charge in [0, 0.05) is 19.6 Å². The molecule has 0 aromatic carbocycles. The van der Waals surface area contributed by atoms with Crippen molar-refractivity contribution in [1.82, 2.24) is 10.2 Å². The molecule has 2 aliphatic heterocycles. The van der Waals surface area contributed by atoms with Gasteiger partial charge in [-0.1, -0.05) is 19.1 Å². The van der Waals surface area contributed by atoms with Crippen molar-refractivity contribution in [2.24, 2.45) is 17.3 Å². The van der Waals surface area contributed by atoms with Crippen LogP contribution < -0.4 is 5.32 Å². The van der Waals surface area contributed by atoms with Crippen LogP contribution in [0.5, 0.6) is 0 Å². The van der Waals surface area contributed by atoms with E-state index in [1.54, 1.807) is 0 Å². The van der Waals surface area contributed by atoms with E-state index in [2.05, 4.69) is 24.4 Å². The predicted octanol–water partition coefficient (Wildman–Crippen LogP) is 1.87. The number of ether oxygens (including phenoxy) is 1. The minimum atomic E-state index is -0.282. The maximum atomic E-state index is 13.0. The fraction of sp³-hybridized carbons (Fsp3) is 0.789. The predicted molar refractivity (Wildman–Crippen MR) is 90.2 cm³/mol. The average Bonchev–Trinajstić information content (AvgIpc) is 3.37. The first kappa shape index (κ1) is 16.1. The van der Waals surface area contributed by atoms with Crippen LogP contribution in [0.3, 0.4) is 0 Å².